The largest absolute Gasteiger partial charge is 0.398 e. The normalized spacial score (nSPS) is 17.0. The molecule has 1 amide bonds. The molecule has 2 aromatic carbocycles. The Hall–Kier alpha value is -3.74. The summed E-state index contributed by atoms with van der Waals surface area (Å²) >= 11 is 1.20. The minimum Gasteiger partial charge on any atom is -0.398 e. The van der Waals surface area contributed by atoms with Crippen molar-refractivity contribution < 1.29 is 4.79 Å². The molecule has 4 N–H and O–H groups in total. The topological polar surface area (TPSA) is 116 Å². The molecule has 2 aliphatic rings. The van der Waals surface area contributed by atoms with Gasteiger partial charge in [0.15, 0.2) is 0 Å². The Kier molecular flexibility index (Phi) is 10.1. The summed E-state index contributed by atoms with van der Waals surface area (Å²) in [5, 5.41) is 14.8. The van der Waals surface area contributed by atoms with Crippen LogP contribution >= 0.6 is 11.9 Å². The van der Waals surface area contributed by atoms with Gasteiger partial charge < -0.3 is 20.4 Å². The lowest BCUT2D eigenvalue weighted by molar-refractivity contribution is 0.0745. The van der Waals surface area contributed by atoms with E-state index in [2.05, 4.69) is 33.8 Å². The van der Waals surface area contributed by atoms with Gasteiger partial charge in [0, 0.05) is 56.7 Å². The second kappa shape index (κ2) is 13.7. The van der Waals surface area contributed by atoms with Crippen LogP contribution in [0, 0.1) is 38.0 Å². The van der Waals surface area contributed by atoms with E-state index in [0.29, 0.717) is 18.8 Å². The number of piperazine rings is 1. The van der Waals surface area contributed by atoms with Gasteiger partial charge in [0.1, 0.15) is 11.9 Å². The highest BCUT2D eigenvalue weighted by atomic mass is 32.2. The Morgan fingerprint density at radius 3 is 2.44 bits per heavy atom. The summed E-state index contributed by atoms with van der Waals surface area (Å²) in [5.74, 6) is 1.69. The third-order valence-electron chi connectivity index (χ3n) is 8.01. The lowest BCUT2D eigenvalue weighted by atomic mass is 9.96. The number of para-hydroxylation sites is 1. The minimum absolute atomic E-state index is 0.0563. The predicted molar refractivity (Wildman–Crippen MR) is 169 cm³/mol. The van der Waals surface area contributed by atoms with E-state index in [1.165, 1.54) is 24.8 Å². The van der Waals surface area contributed by atoms with Crippen LogP contribution in [0.4, 0.5) is 17.2 Å². The van der Waals surface area contributed by atoms with Gasteiger partial charge in [-0.2, -0.15) is 5.26 Å². The molecule has 216 valence electrons. The zero-order valence-electron chi connectivity index (χ0n) is 24.6. The number of carbonyl (C=O) groups excluding carboxylic acids is 1. The van der Waals surface area contributed by atoms with Gasteiger partial charge in [0.05, 0.1) is 16.1 Å². The Balaban J connectivity index is 0.000000218. The smallest absolute Gasteiger partial charge is 0.254 e. The zero-order chi connectivity index (χ0) is 29.5. The second-order valence-electron chi connectivity index (χ2n) is 11.0. The molecule has 1 aromatic heterocycles. The van der Waals surface area contributed by atoms with Crippen molar-refractivity contribution in [3.63, 3.8) is 0 Å². The average Bonchev–Trinajstić information content (AvgIpc) is 3.00. The van der Waals surface area contributed by atoms with E-state index in [0.717, 1.165) is 76.3 Å². The van der Waals surface area contributed by atoms with E-state index in [4.69, 9.17) is 16.1 Å². The Labute approximate surface area is 248 Å². The second-order valence-corrected chi connectivity index (χ2v) is 11.6. The first kappa shape index (κ1) is 30.2. The number of nitrogen functional groups attached to an aromatic ring is 1. The molecule has 41 heavy (non-hydrogen) atoms. The Morgan fingerprint density at radius 1 is 1.02 bits per heavy atom. The van der Waals surface area contributed by atoms with E-state index in [1.807, 2.05) is 62.1 Å². The summed E-state index contributed by atoms with van der Waals surface area (Å²) < 4.78 is 0. The van der Waals surface area contributed by atoms with E-state index >= 15 is 0 Å². The molecule has 2 fully saturated rings. The summed E-state index contributed by atoms with van der Waals surface area (Å²) in [7, 11) is 0. The number of nitrogens with two attached hydrogens (primary N) is 2. The van der Waals surface area contributed by atoms with Gasteiger partial charge in [-0.3, -0.25) is 9.93 Å². The van der Waals surface area contributed by atoms with Gasteiger partial charge in [-0.05, 0) is 92.4 Å². The molecule has 3 heterocycles. The summed E-state index contributed by atoms with van der Waals surface area (Å²) in [5.41, 5.74) is 12.4. The van der Waals surface area contributed by atoms with Gasteiger partial charge >= 0.3 is 0 Å². The number of aromatic nitrogens is 1. The SMILES string of the molecule is CC1CCCN(c2ccccc2C#N)C1.Cc1cc(C)c(C(=O)N2CCN(c3ncccc3SN)CC2)c(C)c1N. The summed E-state index contributed by atoms with van der Waals surface area (Å²) in [6, 6.07) is 16.0. The van der Waals surface area contributed by atoms with Crippen LogP contribution in [0.5, 0.6) is 0 Å². The van der Waals surface area contributed by atoms with Gasteiger partial charge in [0.2, 0.25) is 0 Å². The molecular formula is C32H41N7OS. The van der Waals surface area contributed by atoms with Crippen LogP contribution in [0.3, 0.4) is 0 Å². The highest BCUT2D eigenvalue weighted by molar-refractivity contribution is 7.97. The number of benzene rings is 2. The predicted octanol–water partition coefficient (Wildman–Crippen LogP) is 5.31. The standard InChI is InChI=1S/C19H25N5OS.C13H16N2/c1-12-11-13(2)17(20)14(3)16(12)19(25)24-9-7-23(8-10-24)18-15(26-21)5-4-6-22-18;1-11-5-4-8-15(10-11)13-7-3-2-6-12(13)9-14/h4-6,11H,7-10,20-21H2,1-3H3;2-3,6-7,11H,4-5,8,10H2,1H3. The number of carbonyl (C=O) groups is 1. The van der Waals surface area contributed by atoms with Gasteiger partial charge in [-0.1, -0.05) is 25.1 Å². The molecule has 0 radical (unpaired) electrons. The van der Waals surface area contributed by atoms with Crippen LogP contribution in [0.25, 0.3) is 0 Å². The third-order valence-corrected chi connectivity index (χ3v) is 8.58. The number of pyridine rings is 1. The summed E-state index contributed by atoms with van der Waals surface area (Å²) in [6.45, 7) is 13.1. The quantitative estimate of drug-likeness (QED) is 0.320. The van der Waals surface area contributed by atoms with Gasteiger partial charge in [0.25, 0.3) is 5.91 Å². The average molecular weight is 572 g/mol. The van der Waals surface area contributed by atoms with Gasteiger partial charge in [-0.25, -0.2) is 4.98 Å². The molecule has 2 aliphatic heterocycles. The van der Waals surface area contributed by atoms with Crippen LogP contribution in [0.2, 0.25) is 0 Å². The van der Waals surface area contributed by atoms with Crippen molar-refractivity contribution in [2.24, 2.45) is 11.1 Å². The summed E-state index contributed by atoms with van der Waals surface area (Å²) in [6.07, 6.45) is 4.32. The molecule has 9 heteroatoms. The first-order valence-electron chi connectivity index (χ1n) is 14.2. The van der Waals surface area contributed by atoms with Crippen molar-refractivity contribution in [1.29, 1.82) is 5.26 Å². The molecule has 0 spiro atoms. The molecule has 2 saturated heterocycles. The molecule has 0 aliphatic carbocycles. The maximum Gasteiger partial charge on any atom is 0.254 e. The fraction of sp³-hybridized carbons (Fsp3) is 0.406. The van der Waals surface area contributed by atoms with E-state index < -0.39 is 0 Å². The molecule has 8 nitrogen and oxygen atoms in total. The maximum absolute atomic E-state index is 13.1. The Bertz CT molecular complexity index is 1410. The van der Waals surface area contributed by atoms with E-state index in [1.54, 1.807) is 6.20 Å². The number of piperidine rings is 1. The van der Waals surface area contributed by atoms with Crippen molar-refractivity contribution >= 4 is 35.0 Å². The van der Waals surface area contributed by atoms with Gasteiger partial charge in [-0.15, -0.1) is 0 Å². The lowest BCUT2D eigenvalue weighted by Crippen LogP contribution is -2.49. The minimum atomic E-state index is 0.0563. The molecule has 0 bridgehead atoms. The van der Waals surface area contributed by atoms with Crippen molar-refractivity contribution in [3.8, 4) is 6.07 Å². The number of hydrogen-bond acceptors (Lipinski definition) is 8. The monoisotopic (exact) mass is 571 g/mol. The molecule has 1 unspecified atom stereocenters. The number of amides is 1. The fourth-order valence-electron chi connectivity index (χ4n) is 5.77. The van der Waals surface area contributed by atoms with Crippen LogP contribution in [0.15, 0.2) is 53.6 Å². The van der Waals surface area contributed by atoms with Crippen LogP contribution in [0.1, 0.15) is 52.4 Å². The van der Waals surface area contributed by atoms with Crippen LogP contribution in [-0.4, -0.2) is 55.1 Å². The number of nitrogens with zero attached hydrogens (tertiary/aromatic N) is 5. The third kappa shape index (κ3) is 6.95. The molecule has 0 saturated carbocycles. The number of aryl methyl sites for hydroxylation is 2. The van der Waals surface area contributed by atoms with E-state index in [9.17, 15) is 4.79 Å². The number of rotatable bonds is 4. The fourth-order valence-corrected chi connectivity index (χ4v) is 6.22. The van der Waals surface area contributed by atoms with Crippen LogP contribution in [-0.2, 0) is 0 Å². The van der Waals surface area contributed by atoms with Crippen molar-refractivity contribution in [3.05, 3.63) is 76.5 Å². The zero-order valence-corrected chi connectivity index (χ0v) is 25.4. The number of hydrogen-bond donors (Lipinski definition) is 2. The van der Waals surface area contributed by atoms with Crippen LogP contribution < -0.4 is 20.7 Å². The lowest BCUT2D eigenvalue weighted by Gasteiger charge is -2.36. The number of anilines is 3. The van der Waals surface area contributed by atoms with E-state index in [-0.39, 0.29) is 5.91 Å². The highest BCUT2D eigenvalue weighted by Gasteiger charge is 2.26. The molecule has 3 aromatic rings. The molecule has 5 rings (SSSR count). The highest BCUT2D eigenvalue weighted by Crippen LogP contribution is 2.28. The first-order chi connectivity index (χ1) is 19.7. The van der Waals surface area contributed by atoms with Crippen molar-refractivity contribution in [1.82, 2.24) is 9.88 Å². The number of nitriles is 1. The first-order valence-corrected chi connectivity index (χ1v) is 15.1. The summed E-state index contributed by atoms with van der Waals surface area (Å²) in [4.78, 5) is 24.9. The Morgan fingerprint density at radius 2 is 1.76 bits per heavy atom. The van der Waals surface area contributed by atoms with Crippen molar-refractivity contribution in [2.75, 3.05) is 54.8 Å². The molecule has 1 atom stereocenters. The molecular weight excluding hydrogens is 530 g/mol. The maximum atomic E-state index is 13.1. The van der Waals surface area contributed by atoms with Crippen molar-refractivity contribution in [2.45, 2.75) is 45.4 Å².